The molecule has 0 aliphatic heterocycles. The van der Waals surface area contributed by atoms with E-state index in [-0.39, 0.29) is 27.7 Å². The Morgan fingerprint density at radius 2 is 1.81 bits per heavy atom. The Balaban J connectivity index is 2.28. The van der Waals surface area contributed by atoms with Gasteiger partial charge in [0.1, 0.15) is 11.6 Å². The second kappa shape index (κ2) is 10.1. The van der Waals surface area contributed by atoms with Gasteiger partial charge in [-0.1, -0.05) is 49.2 Å². The number of nitrogens with one attached hydrogen (secondary N) is 1. The van der Waals surface area contributed by atoms with Crippen LogP contribution in [0.2, 0.25) is 10.0 Å². The highest BCUT2D eigenvalue weighted by atomic mass is 35.5. The molecular weight excluding hydrogens is 437 g/mol. The van der Waals surface area contributed by atoms with Crippen LogP contribution in [0.5, 0.6) is 0 Å². The minimum absolute atomic E-state index is 0.118. The number of benzene rings is 2. The molecule has 0 aliphatic rings. The lowest BCUT2D eigenvalue weighted by atomic mass is 9.87. The molecule has 3 aromatic rings. The maximum atomic E-state index is 14.0. The first-order chi connectivity index (χ1) is 14.8. The fraction of sp³-hybridized carbons (Fsp3) is 0.320. The third-order valence-corrected chi connectivity index (χ3v) is 6.64. The summed E-state index contributed by atoms with van der Waals surface area (Å²) in [5, 5.41) is 3.21. The number of hydrogen-bond donors (Lipinski definition) is 1. The van der Waals surface area contributed by atoms with Crippen LogP contribution >= 0.6 is 23.2 Å². The summed E-state index contributed by atoms with van der Waals surface area (Å²) in [5.74, 6) is -0.754. The van der Waals surface area contributed by atoms with Crippen molar-refractivity contribution >= 4 is 23.2 Å². The summed E-state index contributed by atoms with van der Waals surface area (Å²) < 4.78 is 27.9. The van der Waals surface area contributed by atoms with Gasteiger partial charge in [0.15, 0.2) is 0 Å². The molecule has 0 aliphatic carbocycles. The highest BCUT2D eigenvalue weighted by Gasteiger charge is 2.23. The van der Waals surface area contributed by atoms with Gasteiger partial charge < -0.3 is 5.32 Å². The molecule has 0 bridgehead atoms. The van der Waals surface area contributed by atoms with Crippen molar-refractivity contribution in [2.24, 2.45) is 0 Å². The first-order valence-corrected chi connectivity index (χ1v) is 11.1. The van der Waals surface area contributed by atoms with Gasteiger partial charge in [0.2, 0.25) is 0 Å². The molecule has 0 radical (unpaired) electrons. The van der Waals surface area contributed by atoms with Crippen LogP contribution in [-0.4, -0.2) is 18.6 Å². The van der Waals surface area contributed by atoms with Crippen molar-refractivity contribution in [1.29, 1.82) is 0 Å². The molecule has 1 aromatic heterocycles. The van der Waals surface area contributed by atoms with Crippen molar-refractivity contribution in [3.8, 4) is 11.3 Å². The highest BCUT2D eigenvalue weighted by Crippen LogP contribution is 2.39. The van der Waals surface area contributed by atoms with Gasteiger partial charge >= 0.3 is 0 Å². The van der Waals surface area contributed by atoms with Crippen molar-refractivity contribution in [3.05, 3.63) is 86.5 Å². The second-order valence-electron chi connectivity index (χ2n) is 7.81. The standard InChI is InChI=1S/C25H26Cl2F2N2/c1-5-14(2)19-12-22(20(13-30-4)16-7-6-8-17(28)11-16)31-25(15(19)3)18-9-10-21(29)24(27)23(18)26/h6-12,14,20,30H,5,13H2,1-4H3. The summed E-state index contributed by atoms with van der Waals surface area (Å²) in [7, 11) is 1.85. The lowest BCUT2D eigenvalue weighted by Crippen LogP contribution is -2.20. The van der Waals surface area contributed by atoms with Gasteiger partial charge in [-0.15, -0.1) is 0 Å². The number of halogens is 4. The van der Waals surface area contributed by atoms with Gasteiger partial charge in [-0.05, 0) is 73.3 Å². The Morgan fingerprint density at radius 3 is 2.45 bits per heavy atom. The van der Waals surface area contributed by atoms with Crippen LogP contribution in [-0.2, 0) is 0 Å². The Kier molecular flexibility index (Phi) is 7.68. The van der Waals surface area contributed by atoms with Crippen LogP contribution in [0.4, 0.5) is 8.78 Å². The predicted octanol–water partition coefficient (Wildman–Crippen LogP) is 7.51. The predicted molar refractivity (Wildman–Crippen MR) is 125 cm³/mol. The fourth-order valence-electron chi connectivity index (χ4n) is 3.85. The van der Waals surface area contributed by atoms with E-state index in [4.69, 9.17) is 28.2 Å². The summed E-state index contributed by atoms with van der Waals surface area (Å²) >= 11 is 12.5. The van der Waals surface area contributed by atoms with Gasteiger partial charge in [-0.2, -0.15) is 0 Å². The number of rotatable bonds is 7. The smallest absolute Gasteiger partial charge is 0.143 e. The third-order valence-electron chi connectivity index (χ3n) is 5.78. The molecule has 164 valence electrons. The van der Waals surface area contributed by atoms with E-state index in [1.165, 1.54) is 18.2 Å². The van der Waals surface area contributed by atoms with Gasteiger partial charge in [0, 0.05) is 18.0 Å². The molecule has 6 heteroatoms. The van der Waals surface area contributed by atoms with Crippen molar-refractivity contribution in [2.45, 2.75) is 39.0 Å². The first-order valence-electron chi connectivity index (χ1n) is 10.3. The van der Waals surface area contributed by atoms with E-state index in [9.17, 15) is 8.78 Å². The highest BCUT2D eigenvalue weighted by molar-refractivity contribution is 6.43. The lowest BCUT2D eigenvalue weighted by molar-refractivity contribution is 0.618. The fourth-order valence-corrected chi connectivity index (χ4v) is 4.26. The van der Waals surface area contributed by atoms with E-state index in [1.807, 2.05) is 20.0 Å². The Labute approximate surface area is 192 Å². The van der Waals surface area contributed by atoms with Crippen molar-refractivity contribution in [1.82, 2.24) is 10.3 Å². The van der Waals surface area contributed by atoms with Crippen LogP contribution in [0.25, 0.3) is 11.3 Å². The Morgan fingerprint density at radius 1 is 1.06 bits per heavy atom. The molecule has 0 spiro atoms. The molecule has 0 amide bonds. The summed E-state index contributed by atoms with van der Waals surface area (Å²) in [6, 6.07) is 11.6. The zero-order chi connectivity index (χ0) is 22.7. The molecule has 2 aromatic carbocycles. The largest absolute Gasteiger partial charge is 0.319 e. The summed E-state index contributed by atoms with van der Waals surface area (Å²) in [5.41, 5.74) is 4.99. The summed E-state index contributed by atoms with van der Waals surface area (Å²) in [4.78, 5) is 4.95. The minimum Gasteiger partial charge on any atom is -0.319 e. The molecule has 0 fully saturated rings. The molecule has 2 nitrogen and oxygen atoms in total. The first kappa shape index (κ1) is 23.6. The minimum atomic E-state index is -0.570. The van der Waals surface area contributed by atoms with Gasteiger partial charge in [0.25, 0.3) is 0 Å². The molecule has 2 unspecified atom stereocenters. The zero-order valence-electron chi connectivity index (χ0n) is 18.1. The number of hydrogen-bond acceptors (Lipinski definition) is 2. The van der Waals surface area contributed by atoms with E-state index in [0.717, 1.165) is 28.8 Å². The van der Waals surface area contributed by atoms with E-state index in [0.29, 0.717) is 17.8 Å². The molecule has 31 heavy (non-hydrogen) atoms. The van der Waals surface area contributed by atoms with Crippen LogP contribution in [0.15, 0.2) is 42.5 Å². The molecule has 0 saturated carbocycles. The van der Waals surface area contributed by atoms with Crippen LogP contribution in [0.1, 0.15) is 54.5 Å². The van der Waals surface area contributed by atoms with Crippen molar-refractivity contribution in [2.75, 3.05) is 13.6 Å². The van der Waals surface area contributed by atoms with E-state index >= 15 is 0 Å². The SMILES string of the molecule is CCC(C)c1cc(C(CNC)c2cccc(F)c2)nc(-c2ccc(F)c(Cl)c2Cl)c1C. The third kappa shape index (κ3) is 4.92. The Hall–Kier alpha value is -2.01. The molecular formula is C25H26Cl2F2N2. The van der Waals surface area contributed by atoms with Crippen LogP contribution < -0.4 is 5.32 Å². The number of nitrogens with zero attached hydrogens (tertiary/aromatic N) is 1. The number of likely N-dealkylation sites (N-methyl/N-ethyl adjacent to an activating group) is 1. The second-order valence-corrected chi connectivity index (χ2v) is 8.56. The average Bonchev–Trinajstić information content (AvgIpc) is 2.76. The zero-order valence-corrected chi connectivity index (χ0v) is 19.6. The lowest BCUT2D eigenvalue weighted by Gasteiger charge is -2.23. The number of pyridine rings is 1. The van der Waals surface area contributed by atoms with Crippen molar-refractivity contribution < 1.29 is 8.78 Å². The van der Waals surface area contributed by atoms with Crippen molar-refractivity contribution in [3.63, 3.8) is 0 Å². The molecule has 1 heterocycles. The molecule has 1 N–H and O–H groups in total. The summed E-state index contributed by atoms with van der Waals surface area (Å²) in [6.45, 7) is 6.86. The maximum Gasteiger partial charge on any atom is 0.143 e. The van der Waals surface area contributed by atoms with Gasteiger partial charge in [-0.3, -0.25) is 4.98 Å². The topological polar surface area (TPSA) is 24.9 Å². The van der Waals surface area contributed by atoms with Crippen LogP contribution in [0.3, 0.4) is 0 Å². The molecule has 3 rings (SSSR count). The number of aromatic nitrogens is 1. The summed E-state index contributed by atoms with van der Waals surface area (Å²) in [6.07, 6.45) is 0.943. The van der Waals surface area contributed by atoms with E-state index in [1.54, 1.807) is 12.1 Å². The maximum absolute atomic E-state index is 14.0. The average molecular weight is 463 g/mol. The van der Waals surface area contributed by atoms with Gasteiger partial charge in [0.05, 0.1) is 21.4 Å². The van der Waals surface area contributed by atoms with Gasteiger partial charge in [-0.25, -0.2) is 8.78 Å². The van der Waals surface area contributed by atoms with E-state index in [2.05, 4.69) is 25.2 Å². The molecule has 0 saturated heterocycles. The normalized spacial score (nSPS) is 13.3. The molecule has 2 atom stereocenters. The van der Waals surface area contributed by atoms with Crippen LogP contribution in [0, 0.1) is 18.6 Å². The Bertz CT molecular complexity index is 1090. The monoisotopic (exact) mass is 462 g/mol. The quantitative estimate of drug-likeness (QED) is 0.367. The van der Waals surface area contributed by atoms with E-state index < -0.39 is 5.82 Å².